The van der Waals surface area contributed by atoms with Gasteiger partial charge in [0.1, 0.15) is 4.83 Å². The molecule has 0 spiro atoms. The van der Waals surface area contributed by atoms with E-state index in [1.54, 1.807) is 40.2 Å². The van der Waals surface area contributed by atoms with Gasteiger partial charge in [0, 0.05) is 40.9 Å². The van der Waals surface area contributed by atoms with Crippen molar-refractivity contribution >= 4 is 50.6 Å². The minimum Gasteiger partial charge on any atom is -0.301 e. The Morgan fingerprint density at radius 2 is 1.91 bits per heavy atom. The van der Waals surface area contributed by atoms with Crippen molar-refractivity contribution in [3.63, 3.8) is 0 Å². The van der Waals surface area contributed by atoms with Crippen LogP contribution in [0.15, 0.2) is 58.5 Å². The Kier molecular flexibility index (Phi) is 5.96. The lowest BCUT2D eigenvalue weighted by molar-refractivity contribution is -0.384. The molecule has 0 unspecified atom stereocenters. The second kappa shape index (κ2) is 8.90. The molecule has 0 aliphatic carbocycles. The van der Waals surface area contributed by atoms with Crippen LogP contribution in [-0.2, 0) is 18.7 Å². The Balaban J connectivity index is 1.60. The number of non-ortho nitro benzene ring substituents is 1. The van der Waals surface area contributed by atoms with Gasteiger partial charge < -0.3 is 4.90 Å². The first-order valence-corrected chi connectivity index (χ1v) is 12.5. The Morgan fingerprint density at radius 3 is 2.61 bits per heavy atom. The summed E-state index contributed by atoms with van der Waals surface area (Å²) in [7, 11) is 2.08. The number of aromatic nitrogens is 2. The van der Waals surface area contributed by atoms with Crippen molar-refractivity contribution in [2.75, 3.05) is 13.6 Å². The van der Waals surface area contributed by atoms with Gasteiger partial charge in [0.15, 0.2) is 5.16 Å². The number of hydrogen-bond donors (Lipinski definition) is 0. The summed E-state index contributed by atoms with van der Waals surface area (Å²) in [4.78, 5) is 33.4. The van der Waals surface area contributed by atoms with E-state index in [0.29, 0.717) is 27.0 Å². The Labute approximate surface area is 202 Å². The second-order valence-corrected chi connectivity index (χ2v) is 10.4. The van der Waals surface area contributed by atoms with E-state index in [4.69, 9.17) is 16.6 Å². The van der Waals surface area contributed by atoms with Crippen LogP contribution < -0.4 is 5.56 Å². The average molecular weight is 499 g/mol. The lowest BCUT2D eigenvalue weighted by Crippen LogP contribution is -2.27. The van der Waals surface area contributed by atoms with Gasteiger partial charge in [-0.3, -0.25) is 19.5 Å². The molecular weight excluding hydrogens is 480 g/mol. The summed E-state index contributed by atoms with van der Waals surface area (Å²) < 4.78 is 1.65. The molecule has 4 aromatic rings. The number of nitro groups is 1. The maximum Gasteiger partial charge on any atom is 0.269 e. The molecule has 3 heterocycles. The molecule has 0 saturated heterocycles. The average Bonchev–Trinajstić information content (AvgIpc) is 3.16. The van der Waals surface area contributed by atoms with Crippen molar-refractivity contribution in [2.24, 2.45) is 0 Å². The fourth-order valence-electron chi connectivity index (χ4n) is 3.93. The Hall–Kier alpha value is -2.72. The van der Waals surface area contributed by atoms with E-state index in [0.717, 1.165) is 35.5 Å². The van der Waals surface area contributed by atoms with Crippen molar-refractivity contribution < 1.29 is 4.92 Å². The number of halogens is 1. The number of thioether (sulfide) groups is 1. The molecule has 0 fully saturated rings. The fourth-order valence-corrected chi connectivity index (χ4v) is 6.36. The second-order valence-electron chi connectivity index (χ2n) is 7.90. The molecule has 1 aliphatic rings. The summed E-state index contributed by atoms with van der Waals surface area (Å²) in [5, 5.41) is 12.8. The van der Waals surface area contributed by atoms with Gasteiger partial charge in [-0.1, -0.05) is 35.5 Å². The highest BCUT2D eigenvalue weighted by Gasteiger charge is 2.24. The van der Waals surface area contributed by atoms with Gasteiger partial charge in [0.25, 0.3) is 11.2 Å². The molecule has 0 bridgehead atoms. The van der Waals surface area contributed by atoms with E-state index in [-0.39, 0.29) is 11.2 Å². The zero-order chi connectivity index (χ0) is 23.1. The van der Waals surface area contributed by atoms with Crippen LogP contribution >= 0.6 is 34.7 Å². The van der Waals surface area contributed by atoms with E-state index < -0.39 is 4.92 Å². The fraction of sp³-hybridized carbons (Fsp3) is 0.217. The lowest BCUT2D eigenvalue weighted by atomic mass is 10.1. The van der Waals surface area contributed by atoms with Crippen LogP contribution in [0.25, 0.3) is 15.9 Å². The van der Waals surface area contributed by atoms with Gasteiger partial charge in [0.2, 0.25) is 0 Å². The number of hydrogen-bond acceptors (Lipinski definition) is 7. The van der Waals surface area contributed by atoms with Crippen LogP contribution in [0.3, 0.4) is 0 Å². The molecule has 168 valence electrons. The van der Waals surface area contributed by atoms with Crippen molar-refractivity contribution in [2.45, 2.75) is 23.9 Å². The zero-order valence-corrected chi connectivity index (χ0v) is 20.0. The lowest BCUT2D eigenvalue weighted by Gasteiger charge is -2.21. The SMILES string of the molecule is CN1CCc2c(sc3nc(SCc4ccc([N+](=O)[O-])cc4)n(-c4ccc(Cl)cc4)c(=O)c23)C1. The molecule has 0 amide bonds. The maximum absolute atomic E-state index is 13.8. The van der Waals surface area contributed by atoms with Crippen molar-refractivity contribution in [3.8, 4) is 5.69 Å². The number of benzene rings is 2. The summed E-state index contributed by atoms with van der Waals surface area (Å²) >= 11 is 9.11. The summed E-state index contributed by atoms with van der Waals surface area (Å²) in [5.74, 6) is 0.525. The molecule has 10 heteroatoms. The van der Waals surface area contributed by atoms with E-state index >= 15 is 0 Å². The van der Waals surface area contributed by atoms with Crippen LogP contribution in [0.4, 0.5) is 5.69 Å². The van der Waals surface area contributed by atoms with Crippen LogP contribution in [0.1, 0.15) is 16.0 Å². The maximum atomic E-state index is 13.8. The third-order valence-corrected chi connectivity index (χ3v) is 8.01. The van der Waals surface area contributed by atoms with Gasteiger partial charge in [-0.2, -0.15) is 0 Å². The third-order valence-electron chi connectivity index (χ3n) is 5.63. The predicted molar refractivity (Wildman–Crippen MR) is 133 cm³/mol. The Morgan fingerprint density at radius 1 is 1.18 bits per heavy atom. The van der Waals surface area contributed by atoms with Crippen LogP contribution in [0, 0.1) is 10.1 Å². The standard InChI is InChI=1S/C23H19ClN4O3S2/c1-26-11-10-18-19(12-26)33-21-20(18)22(29)27(16-8-4-15(24)5-9-16)23(25-21)32-13-14-2-6-17(7-3-14)28(30)31/h2-9H,10-13H2,1H3. The van der Waals surface area contributed by atoms with Gasteiger partial charge in [-0.05, 0) is 48.9 Å². The number of nitrogens with zero attached hydrogens (tertiary/aromatic N) is 4. The first kappa shape index (κ1) is 22.1. The highest BCUT2D eigenvalue weighted by molar-refractivity contribution is 7.98. The predicted octanol–water partition coefficient (Wildman–Crippen LogP) is 5.29. The van der Waals surface area contributed by atoms with Gasteiger partial charge >= 0.3 is 0 Å². The monoisotopic (exact) mass is 498 g/mol. The minimum atomic E-state index is -0.416. The smallest absolute Gasteiger partial charge is 0.269 e. The molecule has 0 radical (unpaired) electrons. The molecule has 2 aromatic heterocycles. The van der Waals surface area contributed by atoms with Gasteiger partial charge in [-0.25, -0.2) is 4.98 Å². The quantitative estimate of drug-likeness (QED) is 0.161. The van der Waals surface area contributed by atoms with E-state index in [1.165, 1.54) is 28.8 Å². The largest absolute Gasteiger partial charge is 0.301 e. The number of likely N-dealkylation sites (N-methyl/N-ethyl adjacent to an activating group) is 1. The molecule has 5 rings (SSSR count). The number of nitro benzene ring substituents is 1. The summed E-state index contributed by atoms with van der Waals surface area (Å²) in [6, 6.07) is 13.6. The molecule has 0 saturated carbocycles. The molecule has 0 N–H and O–H groups in total. The summed E-state index contributed by atoms with van der Waals surface area (Å²) in [5.41, 5.74) is 2.71. The number of rotatable bonds is 5. The van der Waals surface area contributed by atoms with Crippen molar-refractivity contribution in [1.82, 2.24) is 14.5 Å². The van der Waals surface area contributed by atoms with Crippen molar-refractivity contribution in [1.29, 1.82) is 0 Å². The van der Waals surface area contributed by atoms with E-state index in [1.807, 2.05) is 12.1 Å². The number of fused-ring (bicyclic) bond motifs is 3. The summed E-state index contributed by atoms with van der Waals surface area (Å²) in [6.07, 6.45) is 0.832. The van der Waals surface area contributed by atoms with Gasteiger partial charge in [0.05, 0.1) is 16.0 Å². The minimum absolute atomic E-state index is 0.0514. The van der Waals surface area contributed by atoms with Crippen LogP contribution in [0.2, 0.25) is 5.02 Å². The van der Waals surface area contributed by atoms with Crippen LogP contribution in [0.5, 0.6) is 0 Å². The van der Waals surface area contributed by atoms with Gasteiger partial charge in [-0.15, -0.1) is 11.3 Å². The summed E-state index contributed by atoms with van der Waals surface area (Å²) in [6.45, 7) is 1.73. The molecule has 33 heavy (non-hydrogen) atoms. The van der Waals surface area contributed by atoms with Crippen LogP contribution in [-0.4, -0.2) is 33.0 Å². The zero-order valence-electron chi connectivity index (χ0n) is 17.7. The van der Waals surface area contributed by atoms with Crippen molar-refractivity contribution in [3.05, 3.63) is 90.0 Å². The molecular formula is C23H19ClN4O3S2. The van der Waals surface area contributed by atoms with E-state index in [2.05, 4.69) is 11.9 Å². The highest BCUT2D eigenvalue weighted by atomic mass is 35.5. The molecule has 2 aromatic carbocycles. The third kappa shape index (κ3) is 4.29. The topological polar surface area (TPSA) is 81.3 Å². The molecule has 7 nitrogen and oxygen atoms in total. The first-order valence-electron chi connectivity index (χ1n) is 10.3. The highest BCUT2D eigenvalue weighted by Crippen LogP contribution is 2.34. The normalized spacial score (nSPS) is 13.9. The van der Waals surface area contributed by atoms with E-state index in [9.17, 15) is 14.9 Å². The Bertz CT molecular complexity index is 1420. The molecule has 0 atom stereocenters. The molecule has 1 aliphatic heterocycles. The first-order chi connectivity index (χ1) is 15.9. The number of thiophene rings is 1.